The normalized spacial score (nSPS) is 36.3. The summed E-state index contributed by atoms with van der Waals surface area (Å²) in [5, 5.41) is 11.9. The summed E-state index contributed by atoms with van der Waals surface area (Å²) in [6, 6.07) is 0.120. The van der Waals surface area contributed by atoms with Crippen LogP contribution in [0.15, 0.2) is 0 Å². The molecule has 1 saturated carbocycles. The summed E-state index contributed by atoms with van der Waals surface area (Å²) < 4.78 is 5.41. The standard InChI is InChI=1S/C13H21NO4/c1-8-11(6-7-18-8)14-12(15)9-2-4-10(5-3-9)13(16)17/h8-11H,2-7H2,1H3,(H,14,15)(H,16,17). The SMILES string of the molecule is CC1OCCC1NC(=O)C1CCC(C(=O)O)CC1. The lowest BCUT2D eigenvalue weighted by Gasteiger charge is -2.27. The minimum atomic E-state index is -0.730. The Labute approximate surface area is 107 Å². The molecule has 0 aromatic heterocycles. The highest BCUT2D eigenvalue weighted by Gasteiger charge is 2.32. The molecule has 2 unspecified atom stereocenters. The van der Waals surface area contributed by atoms with Crippen LogP contribution in [0, 0.1) is 11.8 Å². The molecule has 1 amide bonds. The zero-order valence-electron chi connectivity index (χ0n) is 10.7. The lowest BCUT2D eigenvalue weighted by molar-refractivity contribution is -0.144. The van der Waals surface area contributed by atoms with Gasteiger partial charge in [-0.25, -0.2) is 0 Å². The van der Waals surface area contributed by atoms with E-state index in [-0.39, 0.29) is 29.9 Å². The summed E-state index contributed by atoms with van der Waals surface area (Å²) >= 11 is 0. The predicted molar refractivity (Wildman–Crippen MR) is 65.0 cm³/mol. The van der Waals surface area contributed by atoms with Crippen LogP contribution in [0.1, 0.15) is 39.0 Å². The average molecular weight is 255 g/mol. The van der Waals surface area contributed by atoms with Crippen molar-refractivity contribution in [2.24, 2.45) is 11.8 Å². The third-order valence-electron chi connectivity index (χ3n) is 4.15. The zero-order chi connectivity index (χ0) is 13.1. The van der Waals surface area contributed by atoms with Gasteiger partial charge in [-0.3, -0.25) is 9.59 Å². The Hall–Kier alpha value is -1.10. The summed E-state index contributed by atoms with van der Waals surface area (Å²) in [7, 11) is 0. The predicted octanol–water partition coefficient (Wildman–Crippen LogP) is 1.17. The Morgan fingerprint density at radius 1 is 1.11 bits per heavy atom. The lowest BCUT2D eigenvalue weighted by Crippen LogP contribution is -2.43. The van der Waals surface area contributed by atoms with Crippen LogP contribution in [0.2, 0.25) is 0 Å². The minimum Gasteiger partial charge on any atom is -0.481 e. The maximum Gasteiger partial charge on any atom is 0.306 e. The van der Waals surface area contributed by atoms with Gasteiger partial charge in [0.05, 0.1) is 18.1 Å². The van der Waals surface area contributed by atoms with Crippen molar-refractivity contribution in [1.82, 2.24) is 5.32 Å². The molecule has 2 aliphatic rings. The molecular formula is C13H21NO4. The molecule has 2 atom stereocenters. The fraction of sp³-hybridized carbons (Fsp3) is 0.846. The highest BCUT2D eigenvalue weighted by Crippen LogP contribution is 2.29. The van der Waals surface area contributed by atoms with Crippen molar-refractivity contribution in [3.63, 3.8) is 0 Å². The van der Waals surface area contributed by atoms with E-state index in [0.717, 1.165) is 6.42 Å². The number of hydrogen-bond donors (Lipinski definition) is 2. The van der Waals surface area contributed by atoms with Gasteiger partial charge < -0.3 is 15.2 Å². The second kappa shape index (κ2) is 5.69. The van der Waals surface area contributed by atoms with Gasteiger partial charge in [0, 0.05) is 12.5 Å². The molecule has 0 aromatic carbocycles. The molecule has 102 valence electrons. The summed E-state index contributed by atoms with van der Waals surface area (Å²) in [5.41, 5.74) is 0. The molecule has 5 heteroatoms. The number of amides is 1. The van der Waals surface area contributed by atoms with Crippen LogP contribution in [0.5, 0.6) is 0 Å². The molecule has 5 nitrogen and oxygen atoms in total. The Kier molecular flexibility index (Phi) is 4.22. The molecule has 0 spiro atoms. The highest BCUT2D eigenvalue weighted by molar-refractivity contribution is 5.79. The molecule has 0 aromatic rings. The van der Waals surface area contributed by atoms with Gasteiger partial charge in [0.15, 0.2) is 0 Å². The van der Waals surface area contributed by atoms with E-state index in [2.05, 4.69) is 5.32 Å². The van der Waals surface area contributed by atoms with Gasteiger partial charge in [0.1, 0.15) is 0 Å². The zero-order valence-corrected chi connectivity index (χ0v) is 10.7. The maximum atomic E-state index is 12.1. The van der Waals surface area contributed by atoms with Crippen molar-refractivity contribution < 1.29 is 19.4 Å². The summed E-state index contributed by atoms with van der Waals surface area (Å²) in [6.45, 7) is 2.68. The van der Waals surface area contributed by atoms with Crippen molar-refractivity contribution in [1.29, 1.82) is 0 Å². The molecule has 0 bridgehead atoms. The lowest BCUT2D eigenvalue weighted by atomic mass is 9.81. The number of nitrogens with one attached hydrogen (secondary N) is 1. The number of ether oxygens (including phenoxy) is 1. The van der Waals surface area contributed by atoms with Crippen molar-refractivity contribution in [3.8, 4) is 0 Å². The van der Waals surface area contributed by atoms with E-state index in [0.29, 0.717) is 32.3 Å². The molecule has 2 fully saturated rings. The number of carbonyl (C=O) groups is 2. The van der Waals surface area contributed by atoms with E-state index >= 15 is 0 Å². The molecule has 1 heterocycles. The van der Waals surface area contributed by atoms with Gasteiger partial charge in [-0.15, -0.1) is 0 Å². The first kappa shape index (κ1) is 13.3. The van der Waals surface area contributed by atoms with Gasteiger partial charge in [0.25, 0.3) is 0 Å². The molecule has 2 N–H and O–H groups in total. The summed E-state index contributed by atoms with van der Waals surface area (Å²) in [4.78, 5) is 22.9. The first-order valence-electron chi connectivity index (χ1n) is 6.72. The largest absolute Gasteiger partial charge is 0.481 e. The van der Waals surface area contributed by atoms with Gasteiger partial charge in [-0.2, -0.15) is 0 Å². The second-order valence-electron chi connectivity index (χ2n) is 5.37. The fourth-order valence-corrected chi connectivity index (χ4v) is 2.82. The van der Waals surface area contributed by atoms with Gasteiger partial charge in [-0.1, -0.05) is 0 Å². The Morgan fingerprint density at radius 3 is 2.22 bits per heavy atom. The van der Waals surface area contributed by atoms with E-state index in [1.807, 2.05) is 6.92 Å². The van der Waals surface area contributed by atoms with Gasteiger partial charge in [-0.05, 0) is 39.0 Å². The number of aliphatic carboxylic acids is 1. The van der Waals surface area contributed by atoms with E-state index in [1.165, 1.54) is 0 Å². The van der Waals surface area contributed by atoms with Crippen molar-refractivity contribution in [2.45, 2.75) is 51.2 Å². The Balaban J connectivity index is 1.79. The van der Waals surface area contributed by atoms with Crippen LogP contribution in [-0.2, 0) is 14.3 Å². The summed E-state index contributed by atoms with van der Waals surface area (Å²) in [5.74, 6) is -0.941. The maximum absolute atomic E-state index is 12.1. The molecular weight excluding hydrogens is 234 g/mol. The van der Waals surface area contributed by atoms with Crippen molar-refractivity contribution >= 4 is 11.9 Å². The number of carbonyl (C=O) groups excluding carboxylic acids is 1. The molecule has 0 radical (unpaired) electrons. The smallest absolute Gasteiger partial charge is 0.306 e. The van der Waals surface area contributed by atoms with Crippen molar-refractivity contribution in [2.75, 3.05) is 6.61 Å². The van der Waals surface area contributed by atoms with E-state index in [9.17, 15) is 9.59 Å². The third kappa shape index (κ3) is 3.02. The van der Waals surface area contributed by atoms with Crippen LogP contribution in [0.25, 0.3) is 0 Å². The van der Waals surface area contributed by atoms with Crippen LogP contribution in [0.4, 0.5) is 0 Å². The molecule has 2 rings (SSSR count). The number of hydrogen-bond acceptors (Lipinski definition) is 3. The van der Waals surface area contributed by atoms with Crippen molar-refractivity contribution in [3.05, 3.63) is 0 Å². The molecule has 1 aliphatic carbocycles. The fourth-order valence-electron chi connectivity index (χ4n) is 2.82. The van der Waals surface area contributed by atoms with E-state index < -0.39 is 5.97 Å². The van der Waals surface area contributed by atoms with Crippen LogP contribution in [-0.4, -0.2) is 35.7 Å². The van der Waals surface area contributed by atoms with Crippen LogP contribution in [0.3, 0.4) is 0 Å². The number of carboxylic acids is 1. The van der Waals surface area contributed by atoms with Gasteiger partial charge >= 0.3 is 5.97 Å². The summed E-state index contributed by atoms with van der Waals surface area (Å²) in [6.07, 6.45) is 3.56. The highest BCUT2D eigenvalue weighted by atomic mass is 16.5. The number of carboxylic acid groups (broad SMARTS) is 1. The topological polar surface area (TPSA) is 75.6 Å². The van der Waals surface area contributed by atoms with E-state index in [1.54, 1.807) is 0 Å². The Morgan fingerprint density at radius 2 is 1.72 bits per heavy atom. The Bertz CT molecular complexity index is 323. The van der Waals surface area contributed by atoms with Crippen LogP contribution < -0.4 is 5.32 Å². The molecule has 1 aliphatic heterocycles. The quantitative estimate of drug-likeness (QED) is 0.793. The minimum absolute atomic E-state index is 0.0200. The average Bonchev–Trinajstić information content (AvgIpc) is 2.75. The second-order valence-corrected chi connectivity index (χ2v) is 5.37. The molecule has 18 heavy (non-hydrogen) atoms. The van der Waals surface area contributed by atoms with Gasteiger partial charge in [0.2, 0.25) is 5.91 Å². The third-order valence-corrected chi connectivity index (χ3v) is 4.15. The van der Waals surface area contributed by atoms with Crippen LogP contribution >= 0.6 is 0 Å². The first-order valence-corrected chi connectivity index (χ1v) is 6.72. The monoisotopic (exact) mass is 255 g/mol. The molecule has 1 saturated heterocycles. The van der Waals surface area contributed by atoms with E-state index in [4.69, 9.17) is 9.84 Å². The number of rotatable bonds is 3. The first-order chi connectivity index (χ1) is 8.58.